The van der Waals surface area contributed by atoms with Crippen LogP contribution in [-0.2, 0) is 11.2 Å². The molecule has 19 heavy (non-hydrogen) atoms. The van der Waals surface area contributed by atoms with Crippen molar-refractivity contribution in [3.05, 3.63) is 34.9 Å². The molecule has 1 aliphatic heterocycles. The average Bonchev–Trinajstić information content (AvgIpc) is 2.74. The summed E-state index contributed by atoms with van der Waals surface area (Å²) >= 11 is 0. The Hall–Kier alpha value is -1.06. The predicted molar refractivity (Wildman–Crippen MR) is 80.7 cm³/mol. The van der Waals surface area contributed by atoms with Crippen molar-refractivity contribution in [3.63, 3.8) is 0 Å². The van der Waals surface area contributed by atoms with Gasteiger partial charge in [0.1, 0.15) is 0 Å². The van der Waals surface area contributed by atoms with Crippen LogP contribution in [-0.4, -0.2) is 29.9 Å². The smallest absolute Gasteiger partial charge is 0.222 e. The van der Waals surface area contributed by atoms with E-state index in [0.717, 1.165) is 25.9 Å². The maximum atomic E-state index is 12.0. The molecule has 0 saturated carbocycles. The Morgan fingerprint density at radius 1 is 1.42 bits per heavy atom. The number of benzene rings is 1. The highest BCUT2D eigenvalue weighted by Gasteiger charge is 2.23. The summed E-state index contributed by atoms with van der Waals surface area (Å²) in [4.78, 5) is 13.9. The highest BCUT2D eigenvalue weighted by atomic mass is 35.5. The number of likely N-dealkylation sites (tertiary alicyclic amines) is 1. The maximum absolute atomic E-state index is 12.0. The normalized spacial score (nSPS) is 18.3. The molecule has 1 aromatic rings. The van der Waals surface area contributed by atoms with Gasteiger partial charge in [-0.2, -0.15) is 0 Å². The van der Waals surface area contributed by atoms with Crippen molar-refractivity contribution in [1.29, 1.82) is 0 Å². The van der Waals surface area contributed by atoms with Gasteiger partial charge < -0.3 is 10.6 Å². The molecule has 1 saturated heterocycles. The van der Waals surface area contributed by atoms with Crippen molar-refractivity contribution in [1.82, 2.24) is 4.90 Å². The first kappa shape index (κ1) is 16.0. The summed E-state index contributed by atoms with van der Waals surface area (Å²) in [6, 6.07) is 6.59. The average molecular weight is 283 g/mol. The third-order valence-electron chi connectivity index (χ3n) is 3.68. The standard InChI is InChI=1S/C15H22N2O.ClH/c1-11-3-4-13(12(2)9-11)5-6-15(18)17-8-7-14(16)10-17;/h3-4,9,14H,5-8,10,16H2,1-2H3;1H/t14-;/m1./s1. The van der Waals surface area contributed by atoms with E-state index in [1.807, 2.05) is 4.90 Å². The van der Waals surface area contributed by atoms with E-state index in [9.17, 15) is 4.79 Å². The largest absolute Gasteiger partial charge is 0.341 e. The first-order valence-electron chi connectivity index (χ1n) is 6.66. The lowest BCUT2D eigenvalue weighted by Crippen LogP contribution is -2.32. The molecule has 1 atom stereocenters. The van der Waals surface area contributed by atoms with Gasteiger partial charge in [-0.1, -0.05) is 23.8 Å². The van der Waals surface area contributed by atoms with Gasteiger partial charge in [-0.05, 0) is 37.8 Å². The molecule has 0 bridgehead atoms. The zero-order valence-corrected chi connectivity index (χ0v) is 12.5. The van der Waals surface area contributed by atoms with E-state index < -0.39 is 0 Å². The molecule has 2 rings (SSSR count). The van der Waals surface area contributed by atoms with E-state index in [0.29, 0.717) is 6.42 Å². The third-order valence-corrected chi connectivity index (χ3v) is 3.68. The molecular weight excluding hydrogens is 260 g/mol. The molecule has 0 aromatic heterocycles. The molecule has 1 aliphatic rings. The lowest BCUT2D eigenvalue weighted by atomic mass is 10.0. The number of halogens is 1. The van der Waals surface area contributed by atoms with E-state index >= 15 is 0 Å². The number of nitrogens with two attached hydrogens (primary N) is 1. The molecule has 106 valence electrons. The molecule has 1 heterocycles. The van der Waals surface area contributed by atoms with E-state index in [2.05, 4.69) is 32.0 Å². The van der Waals surface area contributed by atoms with Crippen molar-refractivity contribution >= 4 is 18.3 Å². The molecule has 0 radical (unpaired) electrons. The van der Waals surface area contributed by atoms with Crippen LogP contribution in [0.2, 0.25) is 0 Å². The Kier molecular flexibility index (Phi) is 5.83. The lowest BCUT2D eigenvalue weighted by molar-refractivity contribution is -0.130. The van der Waals surface area contributed by atoms with Gasteiger partial charge in [-0.25, -0.2) is 0 Å². The van der Waals surface area contributed by atoms with Crippen LogP contribution in [0.15, 0.2) is 18.2 Å². The summed E-state index contributed by atoms with van der Waals surface area (Å²) in [6.07, 6.45) is 2.36. The number of hydrogen-bond donors (Lipinski definition) is 1. The SMILES string of the molecule is Cc1ccc(CCC(=O)N2CC[C@@H](N)C2)c(C)c1.Cl. The molecule has 0 unspecified atom stereocenters. The van der Waals surface area contributed by atoms with E-state index in [1.165, 1.54) is 16.7 Å². The van der Waals surface area contributed by atoms with Crippen LogP contribution in [0.5, 0.6) is 0 Å². The molecule has 0 spiro atoms. The predicted octanol–water partition coefficient (Wildman–Crippen LogP) is 2.22. The minimum atomic E-state index is 0. The molecular formula is C15H23ClN2O. The second-order valence-corrected chi connectivity index (χ2v) is 5.32. The monoisotopic (exact) mass is 282 g/mol. The van der Waals surface area contributed by atoms with E-state index in [-0.39, 0.29) is 24.4 Å². The minimum Gasteiger partial charge on any atom is -0.341 e. The fourth-order valence-corrected chi connectivity index (χ4v) is 2.54. The van der Waals surface area contributed by atoms with Crippen LogP contribution in [0.3, 0.4) is 0 Å². The van der Waals surface area contributed by atoms with Crippen molar-refractivity contribution in [2.24, 2.45) is 5.73 Å². The summed E-state index contributed by atoms with van der Waals surface area (Å²) in [7, 11) is 0. The fourth-order valence-electron chi connectivity index (χ4n) is 2.54. The summed E-state index contributed by atoms with van der Waals surface area (Å²) in [6.45, 7) is 5.75. The van der Waals surface area contributed by atoms with Crippen LogP contribution >= 0.6 is 12.4 Å². The number of amides is 1. The Morgan fingerprint density at radius 3 is 2.74 bits per heavy atom. The highest BCUT2D eigenvalue weighted by Crippen LogP contribution is 2.15. The Balaban J connectivity index is 0.00000180. The van der Waals surface area contributed by atoms with E-state index in [1.54, 1.807) is 0 Å². The van der Waals surface area contributed by atoms with Gasteiger partial charge in [0.25, 0.3) is 0 Å². The summed E-state index contributed by atoms with van der Waals surface area (Å²) in [5.41, 5.74) is 9.64. The van der Waals surface area contributed by atoms with Crippen LogP contribution < -0.4 is 5.73 Å². The molecule has 4 heteroatoms. The van der Waals surface area contributed by atoms with Gasteiger partial charge in [-0.15, -0.1) is 12.4 Å². The fraction of sp³-hybridized carbons (Fsp3) is 0.533. The lowest BCUT2D eigenvalue weighted by Gasteiger charge is -2.16. The van der Waals surface area contributed by atoms with Crippen LogP contribution in [0.25, 0.3) is 0 Å². The zero-order chi connectivity index (χ0) is 13.1. The summed E-state index contributed by atoms with van der Waals surface area (Å²) in [5, 5.41) is 0. The molecule has 1 aromatic carbocycles. The number of carbonyl (C=O) groups excluding carboxylic acids is 1. The van der Waals surface area contributed by atoms with Crippen molar-refractivity contribution in [2.75, 3.05) is 13.1 Å². The van der Waals surface area contributed by atoms with Gasteiger partial charge in [0.15, 0.2) is 0 Å². The van der Waals surface area contributed by atoms with Gasteiger partial charge >= 0.3 is 0 Å². The molecule has 1 fully saturated rings. The van der Waals surface area contributed by atoms with Crippen LogP contribution in [0.1, 0.15) is 29.5 Å². The molecule has 1 amide bonds. The molecule has 2 N–H and O–H groups in total. The number of nitrogens with zero attached hydrogens (tertiary/aromatic N) is 1. The molecule has 0 aliphatic carbocycles. The first-order valence-corrected chi connectivity index (χ1v) is 6.66. The number of rotatable bonds is 3. The first-order chi connectivity index (χ1) is 8.56. The third kappa shape index (κ3) is 4.22. The second-order valence-electron chi connectivity index (χ2n) is 5.32. The number of carbonyl (C=O) groups is 1. The number of hydrogen-bond acceptors (Lipinski definition) is 2. The second kappa shape index (κ2) is 6.92. The van der Waals surface area contributed by atoms with Gasteiger partial charge in [0.05, 0.1) is 0 Å². The van der Waals surface area contributed by atoms with Gasteiger partial charge in [0, 0.05) is 25.6 Å². The van der Waals surface area contributed by atoms with Crippen molar-refractivity contribution in [2.45, 2.75) is 39.2 Å². The quantitative estimate of drug-likeness (QED) is 0.924. The summed E-state index contributed by atoms with van der Waals surface area (Å²) < 4.78 is 0. The van der Waals surface area contributed by atoms with Crippen molar-refractivity contribution < 1.29 is 4.79 Å². The molecule has 3 nitrogen and oxygen atoms in total. The Morgan fingerprint density at radius 2 is 2.16 bits per heavy atom. The topological polar surface area (TPSA) is 46.3 Å². The Labute approximate surface area is 121 Å². The van der Waals surface area contributed by atoms with Gasteiger partial charge in [-0.3, -0.25) is 4.79 Å². The number of aryl methyl sites for hydroxylation is 3. The van der Waals surface area contributed by atoms with Crippen LogP contribution in [0.4, 0.5) is 0 Å². The summed E-state index contributed by atoms with van der Waals surface area (Å²) in [5.74, 6) is 0.239. The Bertz CT molecular complexity index is 448. The maximum Gasteiger partial charge on any atom is 0.222 e. The zero-order valence-electron chi connectivity index (χ0n) is 11.7. The van der Waals surface area contributed by atoms with Crippen molar-refractivity contribution in [3.8, 4) is 0 Å². The van der Waals surface area contributed by atoms with E-state index in [4.69, 9.17) is 5.73 Å². The highest BCUT2D eigenvalue weighted by molar-refractivity contribution is 5.85. The minimum absolute atomic E-state index is 0. The van der Waals surface area contributed by atoms with Gasteiger partial charge in [0.2, 0.25) is 5.91 Å². The van der Waals surface area contributed by atoms with Crippen LogP contribution in [0, 0.1) is 13.8 Å².